The van der Waals surface area contributed by atoms with E-state index in [9.17, 15) is 19.8 Å². The molecule has 11 heteroatoms. The largest absolute Gasteiger partial charge is 1.00 e. The molecule has 26 heavy (non-hydrogen) atoms. The Morgan fingerprint density at radius 3 is 1.77 bits per heavy atom. The third kappa shape index (κ3) is 8.63. The molecule has 2 unspecified atom stereocenters. The van der Waals surface area contributed by atoms with E-state index >= 15 is 0 Å². The van der Waals surface area contributed by atoms with Crippen molar-refractivity contribution in [1.29, 1.82) is 0 Å². The fourth-order valence-corrected chi connectivity index (χ4v) is 2.26. The number of pyridine rings is 2. The predicted molar refractivity (Wildman–Crippen MR) is 92.9 cm³/mol. The Morgan fingerprint density at radius 2 is 1.42 bits per heavy atom. The van der Waals surface area contributed by atoms with Gasteiger partial charge in [0.2, 0.25) is 0 Å². The van der Waals surface area contributed by atoms with E-state index in [1.165, 1.54) is 13.1 Å². The van der Waals surface area contributed by atoms with Gasteiger partial charge in [0, 0.05) is 7.05 Å². The van der Waals surface area contributed by atoms with Crippen molar-refractivity contribution < 1.29 is 76.3 Å². The van der Waals surface area contributed by atoms with Crippen LogP contribution in [0.4, 0.5) is 0 Å². The molecule has 2 heterocycles. The number of aliphatic hydroxyl groups excluding tert-OH is 2. The van der Waals surface area contributed by atoms with Crippen molar-refractivity contribution in [2.45, 2.75) is 12.2 Å². The minimum atomic E-state index is -1.66. The van der Waals surface area contributed by atoms with Gasteiger partial charge in [-0.25, -0.2) is 9.97 Å². The molecule has 2 aromatic heterocycles. The Balaban J connectivity index is 0.000000464. The number of aliphatic hydroxyl groups is 2. The summed E-state index contributed by atoms with van der Waals surface area (Å²) in [5.41, 5.74) is 0.387. The summed E-state index contributed by atoms with van der Waals surface area (Å²) in [6, 6.07) is 9.64. The number of aliphatic carboxylic acids is 1. The number of carbonyl (C=O) groups is 2. The van der Waals surface area contributed by atoms with Gasteiger partial charge in [0.05, 0.1) is 17.4 Å². The number of rotatable bonds is 4. The Kier molecular flexibility index (Phi) is 12.9. The van der Waals surface area contributed by atoms with Crippen LogP contribution in [-0.4, -0.2) is 39.1 Å². The van der Waals surface area contributed by atoms with E-state index in [0.29, 0.717) is 14.9 Å². The van der Waals surface area contributed by atoms with Gasteiger partial charge in [-0.3, -0.25) is 4.79 Å². The van der Waals surface area contributed by atoms with Crippen LogP contribution in [0.2, 0.25) is 0 Å². The Hall–Kier alpha value is -0.244. The van der Waals surface area contributed by atoms with Gasteiger partial charge in [-0.15, -0.1) is 0 Å². The zero-order chi connectivity index (χ0) is 19.0. The molecule has 8 nitrogen and oxygen atoms in total. The number of carboxylic acid groups (broad SMARTS) is 1. The molecular weight excluding hydrogens is 501 g/mol. The summed E-state index contributed by atoms with van der Waals surface area (Å²) in [5, 5.41) is 30.9. The normalized spacial score (nSPS) is 11.9. The molecule has 0 aliphatic rings. The van der Waals surface area contributed by atoms with Crippen molar-refractivity contribution in [1.82, 2.24) is 15.3 Å². The van der Waals surface area contributed by atoms with Gasteiger partial charge in [-0.2, -0.15) is 0 Å². The number of hydrogen-bond acceptors (Lipinski definition) is 7. The number of aromatic nitrogens is 2. The van der Waals surface area contributed by atoms with E-state index in [4.69, 9.17) is 5.11 Å². The quantitative estimate of drug-likeness (QED) is 0.297. The van der Waals surface area contributed by atoms with Gasteiger partial charge < -0.3 is 25.4 Å². The van der Waals surface area contributed by atoms with Crippen molar-refractivity contribution >= 4 is 43.7 Å². The molecule has 0 saturated heterocycles. The minimum Gasteiger partial charge on any atom is -0.547 e. The monoisotopic (exact) mass is 513 g/mol. The molecule has 0 spiro atoms. The van der Waals surface area contributed by atoms with Crippen LogP contribution >= 0.6 is 31.9 Å². The predicted octanol–water partition coefficient (Wildman–Crippen LogP) is -2.75. The Labute approximate surface area is 209 Å². The topological polar surface area (TPSA) is 135 Å². The van der Waals surface area contributed by atoms with E-state index in [1.807, 2.05) is 0 Å². The molecule has 2 atom stereocenters. The SMILES string of the molecule is CNC(=O)C(O)c1cccc(Br)n1.O=C([O-])C(O)c1cccc(Br)n1.[K+]. The van der Waals surface area contributed by atoms with Crippen molar-refractivity contribution in [3.05, 3.63) is 57.0 Å². The van der Waals surface area contributed by atoms with E-state index in [1.54, 1.807) is 30.3 Å². The van der Waals surface area contributed by atoms with Gasteiger partial charge in [0.25, 0.3) is 5.91 Å². The molecule has 1 amide bonds. The summed E-state index contributed by atoms with van der Waals surface area (Å²) in [6.07, 6.45) is -2.87. The molecule has 0 bridgehead atoms. The summed E-state index contributed by atoms with van der Waals surface area (Å²) in [4.78, 5) is 28.9. The van der Waals surface area contributed by atoms with Crippen LogP contribution in [0, 0.1) is 0 Å². The van der Waals surface area contributed by atoms with Gasteiger partial charge >= 0.3 is 51.4 Å². The third-order valence-corrected chi connectivity index (χ3v) is 3.63. The molecule has 2 aromatic rings. The van der Waals surface area contributed by atoms with Crippen LogP contribution in [0.15, 0.2) is 45.6 Å². The third-order valence-electron chi connectivity index (χ3n) is 2.75. The van der Waals surface area contributed by atoms with Crippen LogP contribution in [0.5, 0.6) is 0 Å². The molecular formula is C15H14Br2KN3O5. The van der Waals surface area contributed by atoms with Crippen molar-refractivity contribution in [3.8, 4) is 0 Å². The standard InChI is InChI=1S/C8H9BrN2O2.C7H6BrNO3.K/c1-10-8(13)7(12)5-3-2-4-6(9)11-5;8-5-3-1-2-4(9-5)6(10)7(11)12;/h2-4,7,12H,1H3,(H,10,13);1-3,6,10H,(H,11,12);/q;;+1/p-1. The molecule has 0 saturated carbocycles. The number of carbonyl (C=O) groups excluding carboxylic acids is 2. The fraction of sp³-hybridized carbons (Fsp3) is 0.200. The zero-order valence-electron chi connectivity index (χ0n) is 13.9. The van der Waals surface area contributed by atoms with Gasteiger partial charge in [0.15, 0.2) is 6.10 Å². The average Bonchev–Trinajstić information content (AvgIpc) is 2.60. The Bertz CT molecular complexity index is 751. The number of carboxylic acids is 1. The average molecular weight is 515 g/mol. The summed E-state index contributed by atoms with van der Waals surface area (Å²) >= 11 is 6.19. The van der Waals surface area contributed by atoms with Crippen molar-refractivity contribution in [2.24, 2.45) is 0 Å². The second-order valence-electron chi connectivity index (χ2n) is 4.51. The summed E-state index contributed by atoms with van der Waals surface area (Å²) < 4.78 is 1.06. The second kappa shape index (κ2) is 13.0. The molecule has 3 N–H and O–H groups in total. The van der Waals surface area contributed by atoms with E-state index < -0.39 is 24.1 Å². The van der Waals surface area contributed by atoms with Crippen LogP contribution < -0.4 is 61.8 Å². The first-order valence-corrected chi connectivity index (χ1v) is 8.38. The first-order valence-electron chi connectivity index (χ1n) is 6.79. The maximum absolute atomic E-state index is 11.0. The van der Waals surface area contributed by atoms with Gasteiger partial charge in [-0.1, -0.05) is 12.1 Å². The van der Waals surface area contributed by atoms with Gasteiger partial charge in [-0.05, 0) is 56.1 Å². The number of hydrogen-bond donors (Lipinski definition) is 3. The first-order chi connectivity index (χ1) is 11.8. The number of nitrogens with one attached hydrogen (secondary N) is 1. The molecule has 0 aliphatic carbocycles. The van der Waals surface area contributed by atoms with E-state index in [0.717, 1.165) is 0 Å². The van der Waals surface area contributed by atoms with Crippen LogP contribution in [-0.2, 0) is 9.59 Å². The summed E-state index contributed by atoms with van der Waals surface area (Å²) in [7, 11) is 1.46. The number of halogens is 2. The first kappa shape index (κ1) is 25.8. The minimum absolute atomic E-state index is 0. The summed E-state index contributed by atoms with van der Waals surface area (Å²) in [6.45, 7) is 0. The van der Waals surface area contributed by atoms with Crippen LogP contribution in [0.1, 0.15) is 23.6 Å². The zero-order valence-corrected chi connectivity index (χ0v) is 20.2. The molecule has 2 rings (SSSR count). The fourth-order valence-electron chi connectivity index (χ4n) is 1.54. The van der Waals surface area contributed by atoms with Gasteiger partial charge in [0.1, 0.15) is 15.3 Å². The van der Waals surface area contributed by atoms with Crippen LogP contribution in [0.25, 0.3) is 0 Å². The number of amides is 1. The molecule has 0 aliphatic heterocycles. The smallest absolute Gasteiger partial charge is 0.547 e. The maximum atomic E-state index is 11.0. The molecule has 0 radical (unpaired) electrons. The van der Waals surface area contributed by atoms with Crippen molar-refractivity contribution in [2.75, 3.05) is 7.05 Å². The van der Waals surface area contributed by atoms with Crippen molar-refractivity contribution in [3.63, 3.8) is 0 Å². The van der Waals surface area contributed by atoms with E-state index in [2.05, 4.69) is 47.1 Å². The number of likely N-dealkylation sites (N-methyl/N-ethyl adjacent to an activating group) is 1. The second-order valence-corrected chi connectivity index (χ2v) is 6.13. The maximum Gasteiger partial charge on any atom is 1.00 e. The van der Waals surface area contributed by atoms with E-state index in [-0.39, 0.29) is 57.1 Å². The van der Waals surface area contributed by atoms with Crippen LogP contribution in [0.3, 0.4) is 0 Å². The number of nitrogens with zero attached hydrogens (tertiary/aromatic N) is 2. The molecule has 0 fully saturated rings. The molecule has 0 aromatic carbocycles. The summed E-state index contributed by atoms with van der Waals surface area (Å²) in [5.74, 6) is -2.02. The Morgan fingerprint density at radius 1 is 1.00 bits per heavy atom. The molecule has 134 valence electrons.